The van der Waals surface area contributed by atoms with Crippen LogP contribution >= 0.6 is 15.9 Å². The maximum atomic E-state index is 12.7. The molecule has 2 amide bonds. The molecule has 1 aliphatic heterocycles. The van der Waals surface area contributed by atoms with Gasteiger partial charge in [-0.2, -0.15) is 0 Å². The first-order chi connectivity index (χ1) is 13.1. The van der Waals surface area contributed by atoms with Crippen molar-refractivity contribution >= 4 is 33.7 Å². The fourth-order valence-electron chi connectivity index (χ4n) is 4.48. The third-order valence-electron chi connectivity index (χ3n) is 5.79. The van der Waals surface area contributed by atoms with E-state index in [0.717, 1.165) is 16.5 Å². The second-order valence-corrected chi connectivity index (χ2v) is 8.22. The lowest BCUT2D eigenvalue weighted by atomic mass is 9.85. The van der Waals surface area contributed by atoms with Crippen molar-refractivity contribution in [3.8, 4) is 0 Å². The Morgan fingerprint density at radius 2 is 1.74 bits per heavy atom. The van der Waals surface area contributed by atoms with Crippen LogP contribution in [0.25, 0.3) is 0 Å². The van der Waals surface area contributed by atoms with Gasteiger partial charge in [-0.3, -0.25) is 19.5 Å². The monoisotopic (exact) mass is 430 g/mol. The average molecular weight is 431 g/mol. The fraction of sp³-hybridized carbons (Fsp3) is 0.450. The highest BCUT2D eigenvalue weighted by Gasteiger charge is 2.58. The highest BCUT2D eigenvalue weighted by Crippen LogP contribution is 2.52. The van der Waals surface area contributed by atoms with E-state index in [1.54, 1.807) is 7.05 Å². The summed E-state index contributed by atoms with van der Waals surface area (Å²) in [5, 5.41) is 6.43. The standard InChI is InChI=1S/C20H23BrN4O2/c1-22-20(24-11-12-2-6-15(21)7-3-12)23-8-9-25-18(26)16-13-4-5-14(10-13)17(16)19(25)27/h2-7,13-14,16-17H,8-11H2,1H3,(H2,22,23,24). The second-order valence-electron chi connectivity index (χ2n) is 7.31. The Balaban J connectivity index is 1.27. The van der Waals surface area contributed by atoms with Crippen LogP contribution in [-0.2, 0) is 16.1 Å². The molecular weight excluding hydrogens is 408 g/mol. The number of nitrogens with one attached hydrogen (secondary N) is 2. The minimum Gasteiger partial charge on any atom is -0.355 e. The van der Waals surface area contributed by atoms with Crippen LogP contribution in [-0.4, -0.2) is 42.8 Å². The van der Waals surface area contributed by atoms with Crippen LogP contribution in [0.2, 0.25) is 0 Å². The van der Waals surface area contributed by atoms with Crippen molar-refractivity contribution in [1.82, 2.24) is 15.5 Å². The summed E-state index contributed by atoms with van der Waals surface area (Å²) in [6.07, 6.45) is 5.20. The van der Waals surface area contributed by atoms with Gasteiger partial charge in [0.2, 0.25) is 11.8 Å². The molecule has 6 nitrogen and oxygen atoms in total. The Labute approximate surface area is 167 Å². The molecule has 27 heavy (non-hydrogen) atoms. The molecule has 4 rings (SSSR count). The van der Waals surface area contributed by atoms with Crippen LogP contribution in [0.3, 0.4) is 0 Å². The molecule has 2 aliphatic carbocycles. The van der Waals surface area contributed by atoms with E-state index in [1.807, 2.05) is 24.3 Å². The van der Waals surface area contributed by atoms with Gasteiger partial charge in [-0.25, -0.2) is 0 Å². The van der Waals surface area contributed by atoms with Crippen LogP contribution in [0, 0.1) is 23.7 Å². The van der Waals surface area contributed by atoms with Crippen molar-refractivity contribution in [3.63, 3.8) is 0 Å². The zero-order valence-corrected chi connectivity index (χ0v) is 16.8. The number of hydrogen-bond donors (Lipinski definition) is 2. The molecule has 4 unspecified atom stereocenters. The second kappa shape index (κ2) is 7.46. The van der Waals surface area contributed by atoms with Gasteiger partial charge in [0.25, 0.3) is 0 Å². The molecule has 3 aliphatic rings. The summed E-state index contributed by atoms with van der Waals surface area (Å²) >= 11 is 3.42. The number of imide groups is 1. The lowest BCUT2D eigenvalue weighted by Gasteiger charge is -2.18. The normalized spacial score (nSPS) is 28.8. The van der Waals surface area contributed by atoms with Gasteiger partial charge in [0, 0.05) is 31.2 Å². The highest BCUT2D eigenvalue weighted by molar-refractivity contribution is 9.10. The zero-order valence-electron chi connectivity index (χ0n) is 15.2. The highest BCUT2D eigenvalue weighted by atomic mass is 79.9. The molecule has 142 valence electrons. The number of nitrogens with zero attached hydrogens (tertiary/aromatic N) is 2. The molecule has 1 aromatic carbocycles. The summed E-state index contributed by atoms with van der Waals surface area (Å²) in [5.41, 5.74) is 1.14. The Bertz CT molecular complexity index is 775. The van der Waals surface area contributed by atoms with Gasteiger partial charge in [0.15, 0.2) is 5.96 Å². The molecule has 2 bridgehead atoms. The zero-order chi connectivity index (χ0) is 19.0. The number of fused-ring (bicyclic) bond motifs is 5. The largest absolute Gasteiger partial charge is 0.355 e. The number of guanidine groups is 1. The molecule has 0 radical (unpaired) electrons. The molecular formula is C20H23BrN4O2. The van der Waals surface area contributed by atoms with Crippen molar-refractivity contribution < 1.29 is 9.59 Å². The average Bonchev–Trinajstić information content (AvgIpc) is 3.35. The van der Waals surface area contributed by atoms with Gasteiger partial charge in [-0.1, -0.05) is 40.2 Å². The van der Waals surface area contributed by atoms with Gasteiger partial charge in [-0.15, -0.1) is 0 Å². The number of rotatable bonds is 5. The molecule has 1 heterocycles. The number of aliphatic imine (C=N–C) groups is 1. The quantitative estimate of drug-likeness (QED) is 0.324. The summed E-state index contributed by atoms with van der Waals surface area (Å²) < 4.78 is 1.04. The van der Waals surface area contributed by atoms with Gasteiger partial charge in [0.05, 0.1) is 11.8 Å². The predicted molar refractivity (Wildman–Crippen MR) is 107 cm³/mol. The Morgan fingerprint density at radius 1 is 1.11 bits per heavy atom. The molecule has 2 fully saturated rings. The summed E-state index contributed by atoms with van der Waals surface area (Å²) in [5.74, 6) is 0.927. The number of benzene rings is 1. The number of halogens is 1. The summed E-state index contributed by atoms with van der Waals surface area (Å²) in [6, 6.07) is 8.06. The third kappa shape index (κ3) is 3.40. The maximum Gasteiger partial charge on any atom is 0.233 e. The van der Waals surface area contributed by atoms with E-state index in [9.17, 15) is 9.59 Å². The van der Waals surface area contributed by atoms with Crippen molar-refractivity contribution in [3.05, 3.63) is 46.5 Å². The van der Waals surface area contributed by atoms with Gasteiger partial charge >= 0.3 is 0 Å². The number of carbonyl (C=O) groups excluding carboxylic acids is 2. The van der Waals surface area contributed by atoms with Crippen LogP contribution in [0.15, 0.2) is 45.9 Å². The first-order valence-electron chi connectivity index (χ1n) is 9.31. The van der Waals surface area contributed by atoms with Gasteiger partial charge in [-0.05, 0) is 36.0 Å². The van der Waals surface area contributed by atoms with Crippen LogP contribution < -0.4 is 10.6 Å². The molecule has 0 aromatic heterocycles. The van der Waals surface area contributed by atoms with Crippen molar-refractivity contribution in [2.24, 2.45) is 28.7 Å². The molecule has 0 spiro atoms. The molecule has 7 heteroatoms. The van der Waals surface area contributed by atoms with E-state index in [4.69, 9.17) is 0 Å². The number of amides is 2. The molecule has 2 N–H and O–H groups in total. The van der Waals surface area contributed by atoms with E-state index >= 15 is 0 Å². The van der Waals surface area contributed by atoms with Crippen LogP contribution in [0.4, 0.5) is 0 Å². The number of hydrogen-bond acceptors (Lipinski definition) is 3. The summed E-state index contributed by atoms with van der Waals surface area (Å²) in [6.45, 7) is 1.51. The van der Waals surface area contributed by atoms with E-state index in [0.29, 0.717) is 25.6 Å². The van der Waals surface area contributed by atoms with Crippen LogP contribution in [0.5, 0.6) is 0 Å². The number of allylic oxidation sites excluding steroid dienone is 2. The molecule has 1 saturated heterocycles. The van der Waals surface area contributed by atoms with E-state index in [-0.39, 0.29) is 35.5 Å². The fourth-order valence-corrected chi connectivity index (χ4v) is 4.74. The third-order valence-corrected chi connectivity index (χ3v) is 6.31. The minimum absolute atomic E-state index is 0.00135. The number of likely N-dealkylation sites (tertiary alicyclic amines) is 1. The predicted octanol–water partition coefficient (Wildman–Crippen LogP) is 1.92. The summed E-state index contributed by atoms with van der Waals surface area (Å²) in [7, 11) is 1.71. The van der Waals surface area contributed by atoms with Gasteiger partial charge < -0.3 is 10.6 Å². The van der Waals surface area contributed by atoms with Crippen LogP contribution in [0.1, 0.15) is 12.0 Å². The van der Waals surface area contributed by atoms with E-state index < -0.39 is 0 Å². The van der Waals surface area contributed by atoms with Crippen molar-refractivity contribution in [1.29, 1.82) is 0 Å². The first kappa shape index (κ1) is 18.2. The SMILES string of the molecule is CN=C(NCCN1C(=O)C2C3C=CC(C3)C2C1=O)NCc1ccc(Br)cc1. The number of carbonyl (C=O) groups is 2. The van der Waals surface area contributed by atoms with E-state index in [1.165, 1.54) is 4.90 Å². The Kier molecular flexibility index (Phi) is 5.04. The minimum atomic E-state index is -0.123. The molecule has 4 atom stereocenters. The van der Waals surface area contributed by atoms with E-state index in [2.05, 4.69) is 43.7 Å². The summed E-state index contributed by atoms with van der Waals surface area (Å²) in [4.78, 5) is 31.0. The topological polar surface area (TPSA) is 73.8 Å². The first-order valence-corrected chi connectivity index (χ1v) is 10.1. The van der Waals surface area contributed by atoms with Crippen molar-refractivity contribution in [2.45, 2.75) is 13.0 Å². The Morgan fingerprint density at radius 3 is 2.33 bits per heavy atom. The molecule has 1 saturated carbocycles. The van der Waals surface area contributed by atoms with Crippen molar-refractivity contribution in [2.75, 3.05) is 20.1 Å². The smallest absolute Gasteiger partial charge is 0.233 e. The maximum absolute atomic E-state index is 12.7. The lowest BCUT2D eigenvalue weighted by molar-refractivity contribution is -0.140. The Hall–Kier alpha value is -2.15. The van der Waals surface area contributed by atoms with Gasteiger partial charge in [0.1, 0.15) is 0 Å². The molecule has 1 aromatic rings. The lowest BCUT2D eigenvalue weighted by Crippen LogP contribution is -2.43.